The van der Waals surface area contributed by atoms with E-state index in [1.54, 1.807) is 0 Å². The molecule has 0 aromatic heterocycles. The van der Waals surface area contributed by atoms with Crippen molar-refractivity contribution < 1.29 is 31.6 Å². The summed E-state index contributed by atoms with van der Waals surface area (Å²) in [6.45, 7) is 10.1. The van der Waals surface area contributed by atoms with Gasteiger partial charge in [-0.25, -0.2) is 4.79 Å². The Labute approximate surface area is 286 Å². The van der Waals surface area contributed by atoms with Crippen molar-refractivity contribution in [3.8, 4) is 0 Å². The van der Waals surface area contributed by atoms with Crippen LogP contribution < -0.4 is 22.6 Å². The van der Waals surface area contributed by atoms with E-state index in [2.05, 4.69) is 50.4 Å². The Morgan fingerprint density at radius 2 is 1.09 bits per heavy atom. The highest BCUT2D eigenvalue weighted by atomic mass is 35.5. The summed E-state index contributed by atoms with van der Waals surface area (Å²) in [6, 6.07) is 0. The molecule has 1 atom stereocenters. The fraction of sp³-hybridized carbons (Fsp3) is 0.846. The number of carbonyl (C=O) groups is 2. The number of rotatable bonds is 34. The molecule has 2 N–H and O–H groups in total. The van der Waals surface area contributed by atoms with Crippen molar-refractivity contribution in [2.75, 3.05) is 32.8 Å². The van der Waals surface area contributed by atoms with Crippen molar-refractivity contribution in [1.29, 1.82) is 0 Å². The van der Waals surface area contributed by atoms with E-state index in [0.29, 0.717) is 26.1 Å². The Kier molecular flexibility index (Phi) is 39.5. The van der Waals surface area contributed by atoms with Gasteiger partial charge in [-0.05, 0) is 51.9 Å². The Morgan fingerprint density at radius 1 is 0.600 bits per heavy atom. The number of esters is 1. The molecule has 0 aliphatic rings. The van der Waals surface area contributed by atoms with Crippen molar-refractivity contribution in [1.82, 2.24) is 5.32 Å². The van der Waals surface area contributed by atoms with Crippen LogP contribution in [0.15, 0.2) is 24.3 Å². The summed E-state index contributed by atoms with van der Waals surface area (Å²) in [5.74, 6) is 0.0749. The molecule has 6 heteroatoms. The van der Waals surface area contributed by atoms with Gasteiger partial charge in [0.1, 0.15) is 0 Å². The molecular formula is C39H75ClN2O3. The Hall–Kier alpha value is -1.33. The molecular weight excluding hydrogens is 580 g/mol. The minimum Gasteiger partial charge on any atom is -1.00 e. The molecule has 5 nitrogen and oxygen atoms in total. The number of quaternary nitrogens is 1. The largest absolute Gasteiger partial charge is 1.00 e. The van der Waals surface area contributed by atoms with Crippen LogP contribution in [0.3, 0.4) is 0 Å². The van der Waals surface area contributed by atoms with E-state index in [9.17, 15) is 9.59 Å². The van der Waals surface area contributed by atoms with E-state index in [4.69, 9.17) is 4.74 Å². The Morgan fingerprint density at radius 3 is 1.67 bits per heavy atom. The van der Waals surface area contributed by atoms with Gasteiger partial charge in [-0.1, -0.05) is 141 Å². The number of allylic oxidation sites excluding steroid dienone is 4. The van der Waals surface area contributed by atoms with Gasteiger partial charge in [0.05, 0.1) is 19.7 Å². The molecule has 0 bridgehead atoms. The highest BCUT2D eigenvalue weighted by Gasteiger charge is 2.13. The maximum atomic E-state index is 12.3. The minimum absolute atomic E-state index is 0. The molecule has 0 saturated heterocycles. The smallest absolute Gasteiger partial charge is 0.361 e. The standard InChI is InChI=1S/C39H74N2O3.ClH/c1-4-7-9-11-13-15-17-19-20-21-22-24-26-28-30-33-38(42)40-34-32-35-41(6-3)37-39(43)44-36-31-29-27-25-23-18-16-14-12-10-8-5-2;/h13,15,19-20H,4-12,14,16-18,21-37H2,1-3H3,(H,40,42);1H. The summed E-state index contributed by atoms with van der Waals surface area (Å²) in [7, 11) is 0. The molecule has 0 saturated carbocycles. The van der Waals surface area contributed by atoms with E-state index in [1.165, 1.54) is 114 Å². The summed E-state index contributed by atoms with van der Waals surface area (Å²) in [5.41, 5.74) is 0. The van der Waals surface area contributed by atoms with Crippen LogP contribution in [0, 0.1) is 0 Å². The predicted octanol–water partition coefficient (Wildman–Crippen LogP) is 6.46. The third-order valence-corrected chi connectivity index (χ3v) is 8.54. The second-order valence-electron chi connectivity index (χ2n) is 12.8. The van der Waals surface area contributed by atoms with Crippen LogP contribution in [0.25, 0.3) is 0 Å². The van der Waals surface area contributed by atoms with Crippen LogP contribution in [0.4, 0.5) is 0 Å². The van der Waals surface area contributed by atoms with Crippen LogP contribution >= 0.6 is 0 Å². The van der Waals surface area contributed by atoms with Crippen LogP contribution in [0.2, 0.25) is 0 Å². The fourth-order valence-corrected chi connectivity index (χ4v) is 5.53. The van der Waals surface area contributed by atoms with E-state index in [-0.39, 0.29) is 24.3 Å². The van der Waals surface area contributed by atoms with E-state index in [1.807, 2.05) is 0 Å². The number of amides is 1. The van der Waals surface area contributed by atoms with Gasteiger partial charge in [-0.2, -0.15) is 0 Å². The number of halogens is 1. The number of hydrogen-bond acceptors (Lipinski definition) is 3. The van der Waals surface area contributed by atoms with Crippen molar-refractivity contribution in [3.63, 3.8) is 0 Å². The SMILES string of the molecule is CCCCCC=CCC=CCCCCCCCC(=O)NCCC[NH+](CC)CC(=O)OCCCCCCCCCCCCCC.[Cl-]. The highest BCUT2D eigenvalue weighted by Crippen LogP contribution is 2.12. The topological polar surface area (TPSA) is 59.8 Å². The summed E-state index contributed by atoms with van der Waals surface area (Å²) < 4.78 is 5.49. The molecule has 0 aliphatic heterocycles. The molecule has 266 valence electrons. The lowest BCUT2D eigenvalue weighted by atomic mass is 10.1. The van der Waals surface area contributed by atoms with Gasteiger partial charge in [0, 0.05) is 19.4 Å². The first kappa shape index (κ1) is 45.8. The Balaban J connectivity index is 0. The number of hydrogen-bond donors (Lipinski definition) is 2. The summed E-state index contributed by atoms with van der Waals surface area (Å²) in [4.78, 5) is 25.7. The van der Waals surface area contributed by atoms with Crippen LogP contribution in [-0.4, -0.2) is 44.7 Å². The number of likely N-dealkylation sites (N-methyl/N-ethyl adjacent to an activating group) is 1. The van der Waals surface area contributed by atoms with Crippen molar-refractivity contribution in [3.05, 3.63) is 24.3 Å². The molecule has 1 unspecified atom stereocenters. The second kappa shape index (κ2) is 38.9. The third-order valence-electron chi connectivity index (χ3n) is 8.54. The van der Waals surface area contributed by atoms with E-state index < -0.39 is 0 Å². The second-order valence-corrected chi connectivity index (χ2v) is 12.8. The molecule has 0 aromatic carbocycles. The maximum absolute atomic E-state index is 12.3. The van der Waals surface area contributed by atoms with Gasteiger partial charge < -0.3 is 27.4 Å². The van der Waals surface area contributed by atoms with E-state index in [0.717, 1.165) is 58.0 Å². The zero-order valence-electron chi connectivity index (χ0n) is 30.1. The molecule has 0 spiro atoms. The third kappa shape index (κ3) is 37.0. The molecule has 0 aromatic rings. The van der Waals surface area contributed by atoms with Gasteiger partial charge in [-0.15, -0.1) is 0 Å². The lowest BCUT2D eigenvalue weighted by molar-refractivity contribution is -0.890. The average Bonchev–Trinajstić information content (AvgIpc) is 3.02. The zero-order chi connectivity index (χ0) is 32.2. The fourth-order valence-electron chi connectivity index (χ4n) is 5.53. The quantitative estimate of drug-likeness (QED) is 0.0476. The van der Waals surface area contributed by atoms with Gasteiger partial charge >= 0.3 is 5.97 Å². The van der Waals surface area contributed by atoms with Gasteiger partial charge in [0.2, 0.25) is 5.91 Å². The maximum Gasteiger partial charge on any atom is 0.361 e. The number of carbonyl (C=O) groups excluding carboxylic acids is 2. The predicted molar refractivity (Wildman–Crippen MR) is 190 cm³/mol. The van der Waals surface area contributed by atoms with Crippen molar-refractivity contribution in [2.24, 2.45) is 0 Å². The summed E-state index contributed by atoms with van der Waals surface area (Å²) >= 11 is 0. The molecule has 0 heterocycles. The first-order valence-corrected chi connectivity index (χ1v) is 19.2. The Bertz CT molecular complexity index is 683. The van der Waals surface area contributed by atoms with E-state index >= 15 is 0 Å². The zero-order valence-corrected chi connectivity index (χ0v) is 30.9. The van der Waals surface area contributed by atoms with Gasteiger partial charge in [-0.3, -0.25) is 4.79 Å². The first-order valence-electron chi connectivity index (χ1n) is 19.2. The number of ether oxygens (including phenoxy) is 1. The molecule has 45 heavy (non-hydrogen) atoms. The normalized spacial score (nSPS) is 12.1. The highest BCUT2D eigenvalue weighted by molar-refractivity contribution is 5.75. The molecule has 0 radical (unpaired) electrons. The van der Waals surface area contributed by atoms with Crippen molar-refractivity contribution in [2.45, 2.75) is 181 Å². The lowest BCUT2D eigenvalue weighted by Crippen LogP contribution is -3.12. The van der Waals surface area contributed by atoms with Gasteiger partial charge in [0.25, 0.3) is 0 Å². The van der Waals surface area contributed by atoms with Crippen LogP contribution in [0.5, 0.6) is 0 Å². The summed E-state index contributed by atoms with van der Waals surface area (Å²) in [6.07, 6.45) is 39.6. The monoisotopic (exact) mass is 655 g/mol. The number of nitrogens with one attached hydrogen (secondary N) is 2. The minimum atomic E-state index is -0.0877. The number of unbranched alkanes of at least 4 members (excludes halogenated alkanes) is 19. The summed E-state index contributed by atoms with van der Waals surface area (Å²) in [5, 5.41) is 3.06. The van der Waals surface area contributed by atoms with Crippen LogP contribution in [-0.2, 0) is 14.3 Å². The molecule has 0 aliphatic carbocycles. The molecule has 1 amide bonds. The first-order chi connectivity index (χ1) is 21.6. The van der Waals surface area contributed by atoms with Crippen LogP contribution in [0.1, 0.15) is 181 Å². The average molecular weight is 655 g/mol. The molecule has 0 rings (SSSR count). The lowest BCUT2D eigenvalue weighted by Gasteiger charge is -2.17. The van der Waals surface area contributed by atoms with Gasteiger partial charge in [0.15, 0.2) is 6.54 Å². The van der Waals surface area contributed by atoms with Crippen molar-refractivity contribution >= 4 is 11.9 Å². The molecule has 0 fully saturated rings.